The highest BCUT2D eigenvalue weighted by Crippen LogP contribution is 2.57. The summed E-state index contributed by atoms with van der Waals surface area (Å²) in [6, 6.07) is 93.7. The summed E-state index contributed by atoms with van der Waals surface area (Å²) in [6.07, 6.45) is 0. The van der Waals surface area contributed by atoms with Gasteiger partial charge in [0.15, 0.2) is 0 Å². The van der Waals surface area contributed by atoms with Gasteiger partial charge in [-0.2, -0.15) is 0 Å². The average Bonchev–Trinajstić information content (AvgIpc) is 3.81. The van der Waals surface area contributed by atoms with Crippen LogP contribution in [0.4, 0.5) is 34.1 Å². The molecule has 10 aromatic rings. The van der Waals surface area contributed by atoms with Gasteiger partial charge in [0.05, 0.1) is 5.41 Å². The van der Waals surface area contributed by atoms with Gasteiger partial charge in [0.25, 0.3) is 0 Å². The van der Waals surface area contributed by atoms with E-state index in [2.05, 4.69) is 278 Å². The van der Waals surface area contributed by atoms with Crippen LogP contribution >= 0.6 is 0 Å². The molecule has 0 N–H and O–H groups in total. The summed E-state index contributed by atoms with van der Waals surface area (Å²) < 4.78 is 0. The van der Waals surface area contributed by atoms with Gasteiger partial charge in [-0.05, 0) is 133 Å². The summed E-state index contributed by atoms with van der Waals surface area (Å²) in [5, 5.41) is 0. The zero-order valence-corrected chi connectivity index (χ0v) is 37.1. The molecule has 0 aromatic heterocycles. The van der Waals surface area contributed by atoms with Crippen LogP contribution < -0.4 is 9.80 Å². The topological polar surface area (TPSA) is 6.48 Å². The Morgan fingerprint density at radius 2 is 0.652 bits per heavy atom. The molecule has 0 aliphatic heterocycles. The van der Waals surface area contributed by atoms with Crippen LogP contribution in [-0.4, -0.2) is 0 Å². The van der Waals surface area contributed by atoms with Crippen LogP contribution in [-0.2, 0) is 10.8 Å². The summed E-state index contributed by atoms with van der Waals surface area (Å²) in [7, 11) is 0. The Balaban J connectivity index is 1.06. The van der Waals surface area contributed by atoms with Crippen LogP contribution in [0.25, 0.3) is 33.4 Å². The van der Waals surface area contributed by atoms with E-state index in [4.69, 9.17) is 0 Å². The van der Waals surface area contributed by atoms with E-state index < -0.39 is 5.41 Å². The van der Waals surface area contributed by atoms with Crippen molar-refractivity contribution in [2.45, 2.75) is 24.7 Å². The van der Waals surface area contributed by atoms with Crippen molar-refractivity contribution in [1.82, 2.24) is 0 Å². The normalized spacial score (nSPS) is 13.5. The maximum absolute atomic E-state index is 2.47. The zero-order chi connectivity index (χ0) is 44.2. The molecule has 0 amide bonds. The van der Waals surface area contributed by atoms with Gasteiger partial charge in [0.1, 0.15) is 0 Å². The summed E-state index contributed by atoms with van der Waals surface area (Å²) >= 11 is 0. The minimum atomic E-state index is -0.532. The monoisotopic (exact) mass is 844 g/mol. The molecule has 0 saturated heterocycles. The number of para-hydroxylation sites is 1. The van der Waals surface area contributed by atoms with Crippen molar-refractivity contribution in [3.63, 3.8) is 0 Å². The van der Waals surface area contributed by atoms with Crippen LogP contribution in [0.5, 0.6) is 0 Å². The first kappa shape index (κ1) is 39.4. The quantitative estimate of drug-likeness (QED) is 0.143. The molecule has 0 radical (unpaired) electrons. The van der Waals surface area contributed by atoms with Crippen molar-refractivity contribution in [3.05, 3.63) is 288 Å². The highest BCUT2D eigenvalue weighted by Gasteiger charge is 2.46. The molecule has 0 heterocycles. The highest BCUT2D eigenvalue weighted by atomic mass is 15.2. The molecule has 2 aliphatic rings. The first-order valence-corrected chi connectivity index (χ1v) is 23.0. The number of rotatable bonds is 9. The number of benzene rings is 10. The van der Waals surface area contributed by atoms with Gasteiger partial charge in [-0.3, -0.25) is 0 Å². The lowest BCUT2D eigenvalue weighted by molar-refractivity contribution is 0.660. The van der Waals surface area contributed by atoms with Crippen LogP contribution in [0.1, 0.15) is 47.2 Å². The standard InChI is InChI=1S/C64H48N2/c1-63(2)59-33-15-12-30-55(59)58-41-40-54(44-62(58)63)66(53-29-19-28-52(43-53)65(49-25-10-5-11-26-49)50-38-36-46(37-39-50)45-20-6-3-7-21-45)51-27-18-24-48(42-51)64(47-22-8-4-9-23-47)60-34-16-13-31-56(60)57-32-14-17-35-61(57)64/h3-44H,1-2H3. The predicted octanol–water partition coefficient (Wildman–Crippen LogP) is 17.0. The third kappa shape index (κ3) is 6.25. The molecule has 2 heteroatoms. The second-order valence-electron chi connectivity index (χ2n) is 18.1. The smallest absolute Gasteiger partial charge is 0.0714 e. The Hall–Kier alpha value is -8.20. The Morgan fingerprint density at radius 3 is 1.29 bits per heavy atom. The van der Waals surface area contributed by atoms with Crippen molar-refractivity contribution in [3.8, 4) is 33.4 Å². The van der Waals surface area contributed by atoms with Crippen molar-refractivity contribution in [1.29, 1.82) is 0 Å². The molecule has 0 fully saturated rings. The summed E-state index contributed by atoms with van der Waals surface area (Å²) in [4.78, 5) is 4.84. The van der Waals surface area contributed by atoms with E-state index in [-0.39, 0.29) is 5.41 Å². The van der Waals surface area contributed by atoms with E-state index in [9.17, 15) is 0 Å². The SMILES string of the molecule is CC1(C)c2ccccc2-c2ccc(N(c3cccc(N(c4ccccc4)c4ccc(-c5ccccc5)cc4)c3)c3cccc(C4(c5ccccc5)c5ccccc5-c5ccccc54)c3)cc21. The predicted molar refractivity (Wildman–Crippen MR) is 276 cm³/mol. The lowest BCUT2D eigenvalue weighted by atomic mass is 9.67. The second-order valence-corrected chi connectivity index (χ2v) is 18.1. The average molecular weight is 845 g/mol. The minimum absolute atomic E-state index is 0.165. The van der Waals surface area contributed by atoms with Gasteiger partial charge in [0.2, 0.25) is 0 Å². The first-order chi connectivity index (χ1) is 32.5. The lowest BCUT2D eigenvalue weighted by Gasteiger charge is -2.35. The number of hydrogen-bond acceptors (Lipinski definition) is 2. The number of nitrogens with zero attached hydrogens (tertiary/aromatic N) is 2. The molecule has 314 valence electrons. The molecule has 0 unspecified atom stereocenters. The molecule has 12 rings (SSSR count). The summed E-state index contributed by atoms with van der Waals surface area (Å²) in [5.41, 5.74) is 21.2. The van der Waals surface area contributed by atoms with Gasteiger partial charge in [-0.1, -0.05) is 202 Å². The third-order valence-corrected chi connectivity index (χ3v) is 14.1. The summed E-state index contributed by atoms with van der Waals surface area (Å²) in [5.74, 6) is 0. The Bertz CT molecular complexity index is 3340. The van der Waals surface area contributed by atoms with Gasteiger partial charge >= 0.3 is 0 Å². The van der Waals surface area contributed by atoms with Crippen LogP contribution in [0.3, 0.4) is 0 Å². The summed E-state index contributed by atoms with van der Waals surface area (Å²) in [6.45, 7) is 4.73. The molecule has 0 atom stereocenters. The largest absolute Gasteiger partial charge is 0.310 e. The van der Waals surface area contributed by atoms with Crippen molar-refractivity contribution >= 4 is 34.1 Å². The fraction of sp³-hybridized carbons (Fsp3) is 0.0625. The molecule has 10 aromatic carbocycles. The fourth-order valence-corrected chi connectivity index (χ4v) is 11.1. The van der Waals surface area contributed by atoms with Crippen molar-refractivity contribution in [2.24, 2.45) is 0 Å². The van der Waals surface area contributed by atoms with Gasteiger partial charge in [0, 0.05) is 39.5 Å². The zero-order valence-electron chi connectivity index (χ0n) is 37.1. The van der Waals surface area contributed by atoms with Gasteiger partial charge in [-0.15, -0.1) is 0 Å². The fourth-order valence-electron chi connectivity index (χ4n) is 11.1. The molecular formula is C64H48N2. The lowest BCUT2D eigenvalue weighted by Crippen LogP contribution is -2.28. The Kier molecular flexibility index (Phi) is 9.43. The minimum Gasteiger partial charge on any atom is -0.310 e. The number of fused-ring (bicyclic) bond motifs is 6. The van der Waals surface area contributed by atoms with E-state index in [1.807, 2.05) is 0 Å². The first-order valence-electron chi connectivity index (χ1n) is 23.0. The highest BCUT2D eigenvalue weighted by molar-refractivity contribution is 5.90. The molecular weight excluding hydrogens is 797 g/mol. The Morgan fingerprint density at radius 1 is 0.258 bits per heavy atom. The van der Waals surface area contributed by atoms with Crippen LogP contribution in [0.15, 0.2) is 255 Å². The molecule has 0 spiro atoms. The molecule has 0 saturated carbocycles. The van der Waals surface area contributed by atoms with Crippen molar-refractivity contribution < 1.29 is 0 Å². The molecule has 2 aliphatic carbocycles. The van der Waals surface area contributed by atoms with Crippen LogP contribution in [0.2, 0.25) is 0 Å². The van der Waals surface area contributed by atoms with Crippen molar-refractivity contribution in [2.75, 3.05) is 9.80 Å². The second kappa shape index (κ2) is 15.8. The Labute approximate surface area is 388 Å². The van der Waals surface area contributed by atoms with Gasteiger partial charge in [-0.25, -0.2) is 0 Å². The van der Waals surface area contributed by atoms with E-state index >= 15 is 0 Å². The molecule has 0 bridgehead atoms. The molecule has 2 nitrogen and oxygen atoms in total. The number of hydrogen-bond donors (Lipinski definition) is 0. The molecule has 66 heavy (non-hydrogen) atoms. The van der Waals surface area contributed by atoms with Crippen LogP contribution in [0, 0.1) is 0 Å². The number of anilines is 6. The van der Waals surface area contributed by atoms with E-state index in [1.165, 1.54) is 66.8 Å². The van der Waals surface area contributed by atoms with E-state index in [1.54, 1.807) is 0 Å². The maximum Gasteiger partial charge on any atom is 0.0714 e. The maximum atomic E-state index is 2.47. The third-order valence-electron chi connectivity index (χ3n) is 14.1. The van der Waals surface area contributed by atoms with Gasteiger partial charge < -0.3 is 9.80 Å². The van der Waals surface area contributed by atoms with E-state index in [0.717, 1.165) is 34.1 Å². The van der Waals surface area contributed by atoms with E-state index in [0.29, 0.717) is 0 Å².